The minimum absolute atomic E-state index is 0.0228. The molecule has 1 aromatic rings. The number of carbonyl (C=O) groups is 2. The van der Waals surface area contributed by atoms with E-state index in [0.29, 0.717) is 30.2 Å². The molecule has 1 spiro atoms. The van der Waals surface area contributed by atoms with Crippen molar-refractivity contribution in [3.63, 3.8) is 0 Å². The summed E-state index contributed by atoms with van der Waals surface area (Å²) in [5.74, 6) is 0.266. The highest BCUT2D eigenvalue weighted by Gasteiger charge is 2.51. The third-order valence-corrected chi connectivity index (χ3v) is 7.03. The van der Waals surface area contributed by atoms with Gasteiger partial charge in [0.1, 0.15) is 5.60 Å². The van der Waals surface area contributed by atoms with Crippen LogP contribution in [0.5, 0.6) is 0 Å². The predicted molar refractivity (Wildman–Crippen MR) is 114 cm³/mol. The second-order valence-corrected chi connectivity index (χ2v) is 9.21. The fourth-order valence-electron chi connectivity index (χ4n) is 4.92. The molecule has 0 radical (unpaired) electrons. The fourth-order valence-corrected chi connectivity index (χ4v) is 5.08. The lowest BCUT2D eigenvalue weighted by Gasteiger charge is -2.40. The van der Waals surface area contributed by atoms with E-state index in [0.717, 1.165) is 49.5 Å². The maximum atomic E-state index is 13.5. The van der Waals surface area contributed by atoms with Crippen LogP contribution in [0.15, 0.2) is 29.3 Å². The maximum Gasteiger partial charge on any atom is 0.335 e. The van der Waals surface area contributed by atoms with Crippen molar-refractivity contribution in [3.05, 3.63) is 39.9 Å². The molecule has 4 rings (SSSR count). The Morgan fingerprint density at radius 1 is 1.14 bits per heavy atom. The molecule has 0 atom stereocenters. The number of esters is 1. The van der Waals surface area contributed by atoms with Gasteiger partial charge in [-0.15, -0.1) is 0 Å². The third kappa shape index (κ3) is 3.65. The largest absolute Gasteiger partial charge is 0.451 e. The number of halogens is 1. The molecule has 1 aromatic carbocycles. The lowest BCUT2D eigenvalue weighted by atomic mass is 9.74. The fraction of sp³-hybridized carbons (Fsp3) is 0.565. The summed E-state index contributed by atoms with van der Waals surface area (Å²) in [4.78, 5) is 30.0. The lowest BCUT2D eigenvalue weighted by Crippen LogP contribution is -2.51. The third-order valence-electron chi connectivity index (χ3n) is 6.80. The number of aryl methyl sites for hydroxylation is 1. The number of amides is 1. The van der Waals surface area contributed by atoms with Gasteiger partial charge in [-0.1, -0.05) is 24.6 Å². The summed E-state index contributed by atoms with van der Waals surface area (Å²) in [6.45, 7) is 8.79. The first-order chi connectivity index (χ1) is 13.8. The molecule has 2 fully saturated rings. The Labute approximate surface area is 177 Å². The molecule has 1 amide bonds. The molecule has 1 saturated heterocycles. The number of anilines is 1. The van der Waals surface area contributed by atoms with Gasteiger partial charge in [0.2, 0.25) is 0 Å². The van der Waals surface area contributed by atoms with Crippen molar-refractivity contribution < 1.29 is 14.3 Å². The second kappa shape index (κ2) is 7.67. The number of ether oxygens (including phenoxy) is 1. The van der Waals surface area contributed by atoms with Gasteiger partial charge < -0.3 is 14.5 Å². The Hall–Kier alpha value is -2.01. The van der Waals surface area contributed by atoms with Gasteiger partial charge in [-0.3, -0.25) is 4.79 Å². The van der Waals surface area contributed by atoms with Crippen molar-refractivity contribution in [2.75, 3.05) is 31.1 Å². The maximum absolute atomic E-state index is 13.5. The zero-order valence-electron chi connectivity index (χ0n) is 17.5. The van der Waals surface area contributed by atoms with Crippen molar-refractivity contribution in [2.24, 2.45) is 5.92 Å². The van der Waals surface area contributed by atoms with Gasteiger partial charge in [0.05, 0.1) is 5.57 Å². The number of piperazine rings is 1. The van der Waals surface area contributed by atoms with Gasteiger partial charge in [0.15, 0.2) is 0 Å². The smallest absolute Gasteiger partial charge is 0.335 e. The van der Waals surface area contributed by atoms with E-state index in [9.17, 15) is 9.59 Å². The van der Waals surface area contributed by atoms with Crippen LogP contribution >= 0.6 is 11.6 Å². The molecule has 2 aliphatic heterocycles. The average molecular weight is 417 g/mol. The van der Waals surface area contributed by atoms with Gasteiger partial charge in [-0.25, -0.2) is 4.79 Å². The minimum Gasteiger partial charge on any atom is -0.451 e. The summed E-state index contributed by atoms with van der Waals surface area (Å²) in [5.41, 5.74) is 2.71. The highest BCUT2D eigenvalue weighted by molar-refractivity contribution is 6.30. The normalized spacial score (nSPS) is 27.6. The summed E-state index contributed by atoms with van der Waals surface area (Å²) in [7, 11) is 0. The van der Waals surface area contributed by atoms with Gasteiger partial charge >= 0.3 is 5.97 Å². The Morgan fingerprint density at radius 2 is 1.79 bits per heavy atom. The number of benzene rings is 1. The van der Waals surface area contributed by atoms with Crippen molar-refractivity contribution >= 4 is 29.2 Å². The van der Waals surface area contributed by atoms with Gasteiger partial charge in [-0.05, 0) is 63.1 Å². The van der Waals surface area contributed by atoms with Crippen LogP contribution < -0.4 is 4.90 Å². The lowest BCUT2D eigenvalue weighted by molar-refractivity contribution is -0.150. The van der Waals surface area contributed by atoms with Crippen LogP contribution in [0.1, 0.15) is 45.1 Å². The monoisotopic (exact) mass is 416 g/mol. The van der Waals surface area contributed by atoms with Gasteiger partial charge in [0, 0.05) is 42.5 Å². The number of hydrogen-bond donors (Lipinski definition) is 0. The standard InChI is InChI=1S/C23H29ClN2O3/c1-15-6-8-23(9-7-15)20(17(3)22(28)29-23)21(27)26-12-10-25(11-13-26)19-14-18(24)5-4-16(19)2/h4-5,14-15H,6-13H2,1-3H3. The van der Waals surface area contributed by atoms with E-state index in [1.165, 1.54) is 5.56 Å². The predicted octanol–water partition coefficient (Wildman–Crippen LogP) is 4.12. The number of carbonyl (C=O) groups excluding carboxylic acids is 2. The first-order valence-electron chi connectivity index (χ1n) is 10.6. The zero-order chi connectivity index (χ0) is 20.8. The summed E-state index contributed by atoms with van der Waals surface area (Å²) in [5, 5.41) is 0.722. The SMILES string of the molecule is CC1=C(C(=O)N2CCN(c3cc(Cl)ccc3C)CC2)C2(CCC(C)CC2)OC1=O. The Kier molecular flexibility index (Phi) is 5.36. The molecule has 1 aliphatic carbocycles. The van der Waals surface area contributed by atoms with Crippen LogP contribution in [0.4, 0.5) is 5.69 Å². The molecule has 2 heterocycles. The highest BCUT2D eigenvalue weighted by Crippen LogP contribution is 2.46. The van der Waals surface area contributed by atoms with E-state index in [4.69, 9.17) is 16.3 Å². The second-order valence-electron chi connectivity index (χ2n) is 8.78. The first kappa shape index (κ1) is 20.3. The molecule has 0 unspecified atom stereocenters. The van der Waals surface area contributed by atoms with Gasteiger partial charge in [-0.2, -0.15) is 0 Å². The van der Waals surface area contributed by atoms with E-state index in [-0.39, 0.29) is 11.9 Å². The van der Waals surface area contributed by atoms with E-state index in [1.807, 2.05) is 23.1 Å². The molecule has 0 aromatic heterocycles. The van der Waals surface area contributed by atoms with Crippen LogP contribution in [0, 0.1) is 12.8 Å². The molecule has 0 N–H and O–H groups in total. The van der Waals surface area contributed by atoms with Crippen LogP contribution in [-0.2, 0) is 14.3 Å². The van der Waals surface area contributed by atoms with Crippen LogP contribution in [0.2, 0.25) is 5.02 Å². The minimum atomic E-state index is -0.703. The van der Waals surface area contributed by atoms with E-state index in [2.05, 4.69) is 18.7 Å². The van der Waals surface area contributed by atoms with Crippen LogP contribution in [0.25, 0.3) is 0 Å². The zero-order valence-corrected chi connectivity index (χ0v) is 18.2. The van der Waals surface area contributed by atoms with E-state index >= 15 is 0 Å². The number of rotatable bonds is 2. The van der Waals surface area contributed by atoms with Crippen molar-refractivity contribution in [1.82, 2.24) is 4.90 Å². The highest BCUT2D eigenvalue weighted by atomic mass is 35.5. The quantitative estimate of drug-likeness (QED) is 0.680. The Morgan fingerprint density at radius 3 is 2.45 bits per heavy atom. The summed E-state index contributed by atoms with van der Waals surface area (Å²) < 4.78 is 5.81. The van der Waals surface area contributed by atoms with Crippen molar-refractivity contribution in [1.29, 1.82) is 0 Å². The Balaban J connectivity index is 1.50. The molecule has 29 heavy (non-hydrogen) atoms. The average Bonchev–Trinajstić information content (AvgIpc) is 2.96. The molecule has 5 nitrogen and oxygen atoms in total. The topological polar surface area (TPSA) is 49.9 Å². The van der Waals surface area contributed by atoms with Crippen molar-refractivity contribution in [3.8, 4) is 0 Å². The molecular weight excluding hydrogens is 388 g/mol. The van der Waals surface area contributed by atoms with Crippen LogP contribution in [0.3, 0.4) is 0 Å². The summed E-state index contributed by atoms with van der Waals surface area (Å²) in [6, 6.07) is 5.92. The summed E-state index contributed by atoms with van der Waals surface area (Å²) in [6.07, 6.45) is 3.47. The number of hydrogen-bond acceptors (Lipinski definition) is 4. The molecule has 0 bridgehead atoms. The Bertz CT molecular complexity index is 863. The molecule has 6 heteroatoms. The molecule has 1 saturated carbocycles. The van der Waals surface area contributed by atoms with Crippen molar-refractivity contribution in [2.45, 2.75) is 52.1 Å². The molecular formula is C23H29ClN2O3. The number of nitrogens with zero attached hydrogens (tertiary/aromatic N) is 2. The van der Waals surface area contributed by atoms with E-state index < -0.39 is 5.60 Å². The van der Waals surface area contributed by atoms with Gasteiger partial charge in [0.25, 0.3) is 5.91 Å². The molecule has 156 valence electrons. The van der Waals surface area contributed by atoms with E-state index in [1.54, 1.807) is 6.92 Å². The first-order valence-corrected chi connectivity index (χ1v) is 10.9. The summed E-state index contributed by atoms with van der Waals surface area (Å²) >= 11 is 6.18. The molecule has 3 aliphatic rings. The van der Waals surface area contributed by atoms with Crippen LogP contribution in [-0.4, -0.2) is 48.6 Å².